The molecule has 2 aliphatic rings. The number of nitrogens with zero attached hydrogens (tertiary/aromatic N) is 1. The summed E-state index contributed by atoms with van der Waals surface area (Å²) in [4.78, 5) is 14.4. The first-order valence-corrected chi connectivity index (χ1v) is 16.2. The average Bonchev–Trinajstić information content (AvgIpc) is 2.87. The van der Waals surface area contributed by atoms with E-state index >= 15 is 0 Å². The van der Waals surface area contributed by atoms with Gasteiger partial charge in [0, 0.05) is 25.2 Å². The highest BCUT2D eigenvalue weighted by Gasteiger charge is 2.52. The number of hydrogen-bond acceptors (Lipinski definition) is 4. The molecular formula is C24H48N2O4SSi. The van der Waals surface area contributed by atoms with Gasteiger partial charge in [-0.25, -0.2) is 13.7 Å². The van der Waals surface area contributed by atoms with Crippen LogP contribution in [0.15, 0.2) is 0 Å². The lowest BCUT2D eigenvalue weighted by atomic mass is 9.74. The van der Waals surface area contributed by atoms with Crippen molar-refractivity contribution in [1.29, 1.82) is 0 Å². The van der Waals surface area contributed by atoms with Gasteiger partial charge in [-0.15, -0.1) is 0 Å². The third kappa shape index (κ3) is 6.80. The van der Waals surface area contributed by atoms with Crippen LogP contribution in [-0.4, -0.2) is 59.1 Å². The van der Waals surface area contributed by atoms with Crippen molar-refractivity contribution >= 4 is 25.4 Å². The number of amides is 1. The summed E-state index contributed by atoms with van der Waals surface area (Å²) in [5.41, 5.74) is -0.498. The van der Waals surface area contributed by atoms with E-state index in [1.165, 1.54) is 0 Å². The van der Waals surface area contributed by atoms with E-state index in [0.717, 1.165) is 25.7 Å². The van der Waals surface area contributed by atoms with Gasteiger partial charge in [0.2, 0.25) is 0 Å². The molecule has 1 amide bonds. The predicted octanol–water partition coefficient (Wildman–Crippen LogP) is 5.61. The first-order valence-electron chi connectivity index (χ1n) is 12.1. The van der Waals surface area contributed by atoms with Gasteiger partial charge in [-0.2, -0.15) is 0 Å². The van der Waals surface area contributed by atoms with Gasteiger partial charge < -0.3 is 14.1 Å². The van der Waals surface area contributed by atoms with Crippen LogP contribution in [0.2, 0.25) is 18.1 Å². The summed E-state index contributed by atoms with van der Waals surface area (Å²) in [6.07, 6.45) is 3.52. The molecule has 1 heterocycles. The fraction of sp³-hybridized carbons (Fsp3) is 0.958. The molecule has 188 valence electrons. The summed E-state index contributed by atoms with van der Waals surface area (Å²) in [5, 5.41) is 0.153. The second-order valence-corrected chi connectivity index (χ2v) is 20.1. The third-order valence-electron chi connectivity index (χ3n) is 7.36. The van der Waals surface area contributed by atoms with E-state index in [-0.39, 0.29) is 33.4 Å². The highest BCUT2D eigenvalue weighted by Crippen LogP contribution is 2.50. The van der Waals surface area contributed by atoms with Crippen molar-refractivity contribution < 1.29 is 18.2 Å². The Hall–Kier alpha value is -0.443. The Bertz CT molecular complexity index is 698. The molecule has 0 aromatic heterocycles. The summed E-state index contributed by atoms with van der Waals surface area (Å²) in [7, 11) is -3.04. The Kier molecular flexibility index (Phi) is 8.08. The zero-order valence-corrected chi connectivity index (χ0v) is 24.2. The van der Waals surface area contributed by atoms with Crippen LogP contribution in [0.25, 0.3) is 0 Å². The van der Waals surface area contributed by atoms with E-state index in [0.29, 0.717) is 13.1 Å². The van der Waals surface area contributed by atoms with E-state index in [9.17, 15) is 9.00 Å². The molecule has 1 saturated heterocycles. The van der Waals surface area contributed by atoms with Crippen LogP contribution in [0.3, 0.4) is 0 Å². The molecule has 1 spiro atoms. The van der Waals surface area contributed by atoms with Gasteiger partial charge >= 0.3 is 6.09 Å². The van der Waals surface area contributed by atoms with E-state index in [2.05, 4.69) is 38.6 Å². The molecule has 1 aliphatic carbocycles. The normalized spacial score (nSPS) is 25.8. The monoisotopic (exact) mass is 488 g/mol. The molecule has 32 heavy (non-hydrogen) atoms. The quantitative estimate of drug-likeness (QED) is 0.522. The Morgan fingerprint density at radius 1 is 1.03 bits per heavy atom. The number of piperidine rings is 1. The Morgan fingerprint density at radius 2 is 1.56 bits per heavy atom. The number of likely N-dealkylation sites (tertiary alicyclic amines) is 1. The van der Waals surface area contributed by atoms with Crippen molar-refractivity contribution in [2.75, 3.05) is 13.1 Å². The molecule has 6 nitrogen and oxygen atoms in total. The van der Waals surface area contributed by atoms with Crippen molar-refractivity contribution in [1.82, 2.24) is 9.62 Å². The van der Waals surface area contributed by atoms with Crippen LogP contribution in [-0.2, 0) is 20.1 Å². The molecular weight excluding hydrogens is 440 g/mol. The Balaban J connectivity index is 2.18. The number of rotatable bonds is 4. The zero-order valence-electron chi connectivity index (χ0n) is 22.4. The summed E-state index contributed by atoms with van der Waals surface area (Å²) in [6, 6.07) is 0.123. The number of carbonyl (C=O) groups excluding carboxylic acids is 1. The Labute approximate surface area is 200 Å². The molecule has 2 fully saturated rings. The SMILES string of the molecule is CC(C)(C)OC(=O)N1CCC2(CC1)C[C@@H](O[Si](C)(C)C(C)(C)C)C[C@H]2NS(=O)C(C)(C)C. The van der Waals surface area contributed by atoms with E-state index in [1.54, 1.807) is 0 Å². The molecule has 0 aromatic carbocycles. The minimum absolute atomic E-state index is 0.00749. The fourth-order valence-electron chi connectivity index (χ4n) is 4.37. The minimum Gasteiger partial charge on any atom is -0.444 e. The standard InChI is InChI=1S/C24H48N2O4SSi/c1-21(2,3)29-20(27)26-14-12-24(13-15-26)17-18(30-32(10,11)23(7,8)9)16-19(24)25-31(28)22(4,5)6/h18-19,25H,12-17H2,1-11H3/t18-,19+,31?/m0/s1. The summed E-state index contributed by atoms with van der Waals surface area (Å²) < 4.78 is 28.6. The van der Waals surface area contributed by atoms with Gasteiger partial charge in [-0.1, -0.05) is 20.8 Å². The summed E-state index contributed by atoms with van der Waals surface area (Å²) in [6.45, 7) is 24.5. The van der Waals surface area contributed by atoms with Crippen LogP contribution in [0, 0.1) is 5.41 Å². The van der Waals surface area contributed by atoms with Gasteiger partial charge in [-0.05, 0) is 90.8 Å². The lowest BCUT2D eigenvalue weighted by Crippen LogP contribution is -2.52. The van der Waals surface area contributed by atoms with E-state index in [4.69, 9.17) is 9.16 Å². The van der Waals surface area contributed by atoms with Crippen LogP contribution in [0.5, 0.6) is 0 Å². The average molecular weight is 489 g/mol. The highest BCUT2D eigenvalue weighted by atomic mass is 32.2. The van der Waals surface area contributed by atoms with Crippen molar-refractivity contribution in [3.63, 3.8) is 0 Å². The van der Waals surface area contributed by atoms with E-state index < -0.39 is 24.9 Å². The molecule has 1 aliphatic heterocycles. The summed E-state index contributed by atoms with van der Waals surface area (Å²) in [5.74, 6) is 0. The van der Waals surface area contributed by atoms with Crippen molar-refractivity contribution in [3.05, 3.63) is 0 Å². The van der Waals surface area contributed by atoms with Crippen molar-refractivity contribution in [3.8, 4) is 0 Å². The maximum Gasteiger partial charge on any atom is 0.410 e. The molecule has 1 unspecified atom stereocenters. The molecule has 1 N–H and O–H groups in total. The minimum atomic E-state index is -1.90. The van der Waals surface area contributed by atoms with Gasteiger partial charge in [0.15, 0.2) is 8.32 Å². The molecule has 3 atom stereocenters. The number of nitrogens with one attached hydrogen (secondary N) is 1. The van der Waals surface area contributed by atoms with Crippen LogP contribution in [0.1, 0.15) is 88.0 Å². The Morgan fingerprint density at radius 3 is 2.00 bits per heavy atom. The molecule has 8 heteroatoms. The molecule has 0 bridgehead atoms. The number of ether oxygens (including phenoxy) is 1. The topological polar surface area (TPSA) is 67.9 Å². The predicted molar refractivity (Wildman–Crippen MR) is 136 cm³/mol. The maximum atomic E-state index is 13.0. The van der Waals surface area contributed by atoms with Crippen LogP contribution in [0.4, 0.5) is 4.79 Å². The second kappa shape index (κ2) is 9.31. The van der Waals surface area contributed by atoms with E-state index in [1.807, 2.05) is 46.4 Å². The summed E-state index contributed by atoms with van der Waals surface area (Å²) >= 11 is 0. The fourth-order valence-corrected chi connectivity index (χ4v) is 6.69. The molecule has 0 radical (unpaired) electrons. The van der Waals surface area contributed by atoms with Gasteiger partial charge in [0.25, 0.3) is 0 Å². The number of carbonyl (C=O) groups is 1. The van der Waals surface area contributed by atoms with Crippen molar-refractivity contribution in [2.24, 2.45) is 5.41 Å². The highest BCUT2D eigenvalue weighted by molar-refractivity contribution is 7.84. The smallest absolute Gasteiger partial charge is 0.410 e. The lowest BCUT2D eigenvalue weighted by molar-refractivity contribution is 0.00706. The van der Waals surface area contributed by atoms with Crippen molar-refractivity contribution in [2.45, 2.75) is 129 Å². The molecule has 0 aromatic rings. The van der Waals surface area contributed by atoms with Crippen LogP contribution >= 0.6 is 0 Å². The zero-order chi connectivity index (χ0) is 24.8. The third-order valence-corrected chi connectivity index (χ3v) is 13.5. The number of hydrogen-bond donors (Lipinski definition) is 1. The lowest BCUT2D eigenvalue weighted by Gasteiger charge is -2.44. The maximum absolute atomic E-state index is 13.0. The van der Waals surface area contributed by atoms with Crippen LogP contribution < -0.4 is 4.72 Å². The molecule has 2 rings (SSSR count). The first kappa shape index (κ1) is 27.8. The first-order chi connectivity index (χ1) is 14.3. The van der Waals surface area contributed by atoms with Gasteiger partial charge in [-0.3, -0.25) is 0 Å². The largest absolute Gasteiger partial charge is 0.444 e. The van der Waals surface area contributed by atoms with Gasteiger partial charge in [0.1, 0.15) is 5.60 Å². The van der Waals surface area contributed by atoms with Gasteiger partial charge in [0.05, 0.1) is 15.7 Å². The second-order valence-electron chi connectivity index (χ2n) is 13.3. The molecule has 1 saturated carbocycles.